The van der Waals surface area contributed by atoms with Gasteiger partial charge in [-0.15, -0.1) is 0 Å². The number of likely N-dealkylation sites (N-methyl/N-ethyl adjacent to an activating group) is 1. The Morgan fingerprint density at radius 1 is 1.21 bits per heavy atom. The molecular formula is C22H24F3N7O2. The lowest BCUT2D eigenvalue weighted by Gasteiger charge is -2.35. The van der Waals surface area contributed by atoms with Crippen LogP contribution >= 0.6 is 0 Å². The Labute approximate surface area is 194 Å². The second kappa shape index (κ2) is 8.65. The van der Waals surface area contributed by atoms with Gasteiger partial charge in [0.1, 0.15) is 23.9 Å². The van der Waals surface area contributed by atoms with Crippen molar-refractivity contribution in [2.45, 2.75) is 37.9 Å². The van der Waals surface area contributed by atoms with Crippen molar-refractivity contribution in [3.8, 4) is 17.2 Å². The van der Waals surface area contributed by atoms with Crippen molar-refractivity contribution >= 4 is 17.6 Å². The molecule has 5 rings (SSSR count). The maximum absolute atomic E-state index is 13.3. The molecule has 0 bridgehead atoms. The Balaban J connectivity index is 1.35. The molecule has 1 N–H and O–H groups in total. The Hall–Kier alpha value is -3.57. The Kier molecular flexibility index (Phi) is 5.66. The first-order chi connectivity index (χ1) is 16.3. The van der Waals surface area contributed by atoms with Crippen LogP contribution in [0.4, 0.5) is 30.8 Å². The van der Waals surface area contributed by atoms with Crippen molar-refractivity contribution in [3.63, 3.8) is 0 Å². The van der Waals surface area contributed by atoms with E-state index in [9.17, 15) is 13.2 Å². The zero-order valence-corrected chi connectivity index (χ0v) is 18.7. The molecule has 180 valence electrons. The minimum absolute atomic E-state index is 0.0482. The number of pyridine rings is 1. The summed E-state index contributed by atoms with van der Waals surface area (Å²) in [5, 5.41) is 2.93. The van der Waals surface area contributed by atoms with Crippen molar-refractivity contribution in [1.29, 1.82) is 0 Å². The third-order valence-corrected chi connectivity index (χ3v) is 6.26. The van der Waals surface area contributed by atoms with Crippen LogP contribution in [0.15, 0.2) is 31.0 Å². The number of anilines is 3. The van der Waals surface area contributed by atoms with Gasteiger partial charge < -0.3 is 24.3 Å². The average molecular weight is 475 g/mol. The monoisotopic (exact) mass is 475 g/mol. The highest BCUT2D eigenvalue weighted by molar-refractivity contribution is 5.61. The van der Waals surface area contributed by atoms with Gasteiger partial charge in [0.15, 0.2) is 17.6 Å². The third kappa shape index (κ3) is 4.31. The number of fused-ring (bicyclic) bond motifs is 1. The van der Waals surface area contributed by atoms with Crippen molar-refractivity contribution in [1.82, 2.24) is 24.5 Å². The van der Waals surface area contributed by atoms with Crippen LogP contribution in [0.1, 0.15) is 25.0 Å². The lowest BCUT2D eigenvalue weighted by molar-refractivity contribution is -0.155. The second-order valence-electron chi connectivity index (χ2n) is 8.50. The Morgan fingerprint density at radius 2 is 2.03 bits per heavy atom. The number of aromatic nitrogens is 5. The second-order valence-corrected chi connectivity index (χ2v) is 8.50. The summed E-state index contributed by atoms with van der Waals surface area (Å²) in [6.07, 6.45) is 7.00. The van der Waals surface area contributed by atoms with E-state index < -0.39 is 18.8 Å². The number of hydrogen-bond donors (Lipinski definition) is 1. The third-order valence-electron chi connectivity index (χ3n) is 6.26. The van der Waals surface area contributed by atoms with Crippen LogP contribution in [0.3, 0.4) is 0 Å². The summed E-state index contributed by atoms with van der Waals surface area (Å²) in [5.74, 6) is 1.95. The van der Waals surface area contributed by atoms with Gasteiger partial charge in [0.25, 0.3) is 0 Å². The highest BCUT2D eigenvalue weighted by Crippen LogP contribution is 2.37. The average Bonchev–Trinajstić information content (AvgIpc) is 3.24. The normalized spacial score (nSPS) is 18.1. The molecule has 12 heteroatoms. The topological polar surface area (TPSA) is 90.2 Å². The molecule has 1 unspecified atom stereocenters. The number of nitrogens with zero attached hydrogens (tertiary/aromatic N) is 6. The molecule has 4 heterocycles. The van der Waals surface area contributed by atoms with Gasteiger partial charge in [-0.05, 0) is 12.3 Å². The fraction of sp³-hybridized carbons (Fsp3) is 0.455. The van der Waals surface area contributed by atoms with E-state index in [2.05, 4.69) is 25.3 Å². The van der Waals surface area contributed by atoms with Crippen molar-refractivity contribution < 1.29 is 22.6 Å². The van der Waals surface area contributed by atoms with Crippen molar-refractivity contribution in [2.24, 2.45) is 5.92 Å². The molecule has 0 saturated heterocycles. The Morgan fingerprint density at radius 3 is 2.74 bits per heavy atom. The molecule has 0 spiro atoms. The van der Waals surface area contributed by atoms with Gasteiger partial charge in [-0.3, -0.25) is 0 Å². The van der Waals surface area contributed by atoms with Crippen LogP contribution in [-0.2, 0) is 6.42 Å². The summed E-state index contributed by atoms with van der Waals surface area (Å²) in [4.78, 5) is 18.3. The number of methoxy groups -OCH3 is 1. The molecule has 0 aromatic carbocycles. The molecule has 2 aliphatic rings. The van der Waals surface area contributed by atoms with Crippen LogP contribution in [0, 0.1) is 5.92 Å². The number of halogens is 3. The van der Waals surface area contributed by atoms with Crippen LogP contribution < -0.4 is 19.7 Å². The standard InChI is InChI=1S/C22H24F3N7O2/c1-31-18(22(23,24)25)11-34-17-9-27-21(30-20(17)31)29-19-7-16(33-2)15(8-26-19)32-10-14(28-12-32)6-13-4-3-5-13/h7-10,12-13,18H,3-6,11H2,1-2H3,(H,26,27,29,30). The van der Waals surface area contributed by atoms with Gasteiger partial charge in [0, 0.05) is 19.3 Å². The van der Waals surface area contributed by atoms with E-state index in [-0.39, 0.29) is 17.5 Å². The Bertz CT molecular complexity index is 1180. The zero-order chi connectivity index (χ0) is 23.9. The van der Waals surface area contributed by atoms with Crippen LogP contribution in [0.2, 0.25) is 0 Å². The van der Waals surface area contributed by atoms with E-state index in [0.29, 0.717) is 23.2 Å². The molecule has 9 nitrogen and oxygen atoms in total. The minimum atomic E-state index is -4.44. The van der Waals surface area contributed by atoms with E-state index >= 15 is 0 Å². The van der Waals surface area contributed by atoms with Crippen LogP contribution in [-0.4, -0.2) is 57.5 Å². The zero-order valence-electron chi connectivity index (χ0n) is 18.7. The number of ether oxygens (including phenoxy) is 2. The summed E-state index contributed by atoms with van der Waals surface area (Å²) in [6, 6.07) is -0.118. The number of alkyl halides is 3. The van der Waals surface area contributed by atoms with E-state index in [1.54, 1.807) is 25.7 Å². The molecule has 1 saturated carbocycles. The fourth-order valence-electron chi connectivity index (χ4n) is 4.08. The molecule has 0 amide bonds. The minimum Gasteiger partial charge on any atom is -0.494 e. The number of imidazole rings is 1. The van der Waals surface area contributed by atoms with Crippen LogP contribution in [0.25, 0.3) is 5.69 Å². The van der Waals surface area contributed by atoms with Gasteiger partial charge in [-0.2, -0.15) is 18.2 Å². The maximum atomic E-state index is 13.3. The number of rotatable bonds is 6. The summed E-state index contributed by atoms with van der Waals surface area (Å²) >= 11 is 0. The first-order valence-corrected chi connectivity index (χ1v) is 11.0. The van der Waals surface area contributed by atoms with Crippen LogP contribution in [0.5, 0.6) is 11.5 Å². The summed E-state index contributed by atoms with van der Waals surface area (Å²) in [6.45, 7) is -0.514. The highest BCUT2D eigenvalue weighted by atomic mass is 19.4. The molecule has 1 aliphatic heterocycles. The molecule has 34 heavy (non-hydrogen) atoms. The van der Waals surface area contributed by atoms with E-state index in [0.717, 1.165) is 17.0 Å². The molecular weight excluding hydrogens is 451 g/mol. The highest BCUT2D eigenvalue weighted by Gasteiger charge is 2.46. The maximum Gasteiger partial charge on any atom is 0.412 e. The SMILES string of the molecule is COc1cc(Nc2ncc3c(n2)N(C)C(C(F)(F)F)CO3)ncc1-n1cnc(CC2CCC2)c1. The summed E-state index contributed by atoms with van der Waals surface area (Å²) < 4.78 is 52.4. The summed E-state index contributed by atoms with van der Waals surface area (Å²) in [7, 11) is 2.88. The number of hydrogen-bond acceptors (Lipinski definition) is 8. The quantitative estimate of drug-likeness (QED) is 0.574. The smallest absolute Gasteiger partial charge is 0.412 e. The lowest BCUT2D eigenvalue weighted by atomic mass is 9.82. The van der Waals surface area contributed by atoms with Gasteiger partial charge in [0.2, 0.25) is 5.95 Å². The molecule has 3 aromatic rings. The molecule has 1 aliphatic carbocycles. The number of nitrogens with one attached hydrogen (secondary N) is 1. The van der Waals surface area contributed by atoms with E-state index in [4.69, 9.17) is 9.47 Å². The molecule has 1 atom stereocenters. The van der Waals surface area contributed by atoms with Crippen molar-refractivity contribution in [3.05, 3.63) is 36.7 Å². The van der Waals surface area contributed by atoms with Gasteiger partial charge in [0.05, 0.1) is 31.5 Å². The molecule has 1 fully saturated rings. The predicted molar refractivity (Wildman–Crippen MR) is 118 cm³/mol. The fourth-order valence-corrected chi connectivity index (χ4v) is 4.08. The van der Waals surface area contributed by atoms with Crippen molar-refractivity contribution in [2.75, 3.05) is 31.0 Å². The van der Waals surface area contributed by atoms with E-state index in [1.165, 1.54) is 32.5 Å². The first-order valence-electron chi connectivity index (χ1n) is 11.0. The van der Waals surface area contributed by atoms with Gasteiger partial charge >= 0.3 is 6.18 Å². The molecule has 0 radical (unpaired) electrons. The first kappa shape index (κ1) is 22.2. The predicted octanol–water partition coefficient (Wildman–Crippen LogP) is 3.91. The van der Waals surface area contributed by atoms with Gasteiger partial charge in [-0.25, -0.2) is 15.0 Å². The van der Waals surface area contributed by atoms with Gasteiger partial charge in [-0.1, -0.05) is 19.3 Å². The summed E-state index contributed by atoms with van der Waals surface area (Å²) in [5.41, 5.74) is 1.74. The molecule has 3 aromatic heterocycles. The lowest BCUT2D eigenvalue weighted by Crippen LogP contribution is -2.50. The largest absolute Gasteiger partial charge is 0.494 e. The van der Waals surface area contributed by atoms with E-state index in [1.807, 2.05) is 10.8 Å².